The van der Waals surface area contributed by atoms with Crippen LogP contribution < -0.4 is 5.32 Å². The zero-order valence-electron chi connectivity index (χ0n) is 12.2. The largest absolute Gasteiger partial charge is 0.480 e. The summed E-state index contributed by atoms with van der Waals surface area (Å²) in [6.07, 6.45) is 1.99. The van der Waals surface area contributed by atoms with Crippen LogP contribution in [0.2, 0.25) is 0 Å². The number of nitrogens with one attached hydrogen (secondary N) is 1. The maximum atomic E-state index is 11.8. The lowest BCUT2D eigenvalue weighted by molar-refractivity contribution is -0.384. The fourth-order valence-corrected chi connectivity index (χ4v) is 2.42. The topological polar surface area (TPSA) is 110 Å². The van der Waals surface area contributed by atoms with Gasteiger partial charge in [-0.25, -0.2) is 4.79 Å². The fourth-order valence-electron chi connectivity index (χ4n) is 1.71. The number of nitro groups is 1. The molecule has 0 unspecified atom stereocenters. The predicted molar refractivity (Wildman–Crippen MR) is 82.9 cm³/mol. The SMILES string of the molecule is CCCC[C@H](NC(=O)CSc1ccc([N+](=O)[O-])cc1)C(=O)O. The number of aliphatic carboxylic acids is 1. The molecule has 7 nitrogen and oxygen atoms in total. The fraction of sp³-hybridized carbons (Fsp3) is 0.429. The number of nitro benzene ring substituents is 1. The van der Waals surface area contributed by atoms with Gasteiger partial charge in [0.05, 0.1) is 10.7 Å². The van der Waals surface area contributed by atoms with E-state index in [2.05, 4.69) is 5.32 Å². The summed E-state index contributed by atoms with van der Waals surface area (Å²) in [5, 5.41) is 22.0. The number of hydrogen-bond donors (Lipinski definition) is 2. The van der Waals surface area contributed by atoms with Gasteiger partial charge in [-0.3, -0.25) is 14.9 Å². The average molecular weight is 326 g/mol. The first-order valence-electron chi connectivity index (χ1n) is 6.83. The summed E-state index contributed by atoms with van der Waals surface area (Å²) in [5.74, 6) is -1.35. The van der Waals surface area contributed by atoms with Crippen LogP contribution in [0.3, 0.4) is 0 Å². The lowest BCUT2D eigenvalue weighted by Crippen LogP contribution is -2.41. The second-order valence-electron chi connectivity index (χ2n) is 4.64. The molecule has 0 saturated carbocycles. The summed E-state index contributed by atoms with van der Waals surface area (Å²) in [7, 11) is 0. The van der Waals surface area contributed by atoms with Gasteiger partial charge in [0.2, 0.25) is 5.91 Å². The van der Waals surface area contributed by atoms with Gasteiger partial charge >= 0.3 is 5.97 Å². The molecule has 0 bridgehead atoms. The number of unbranched alkanes of at least 4 members (excludes halogenated alkanes) is 1. The molecule has 0 aliphatic rings. The van der Waals surface area contributed by atoms with Crippen molar-refractivity contribution >= 4 is 29.3 Å². The molecule has 0 aromatic heterocycles. The molecule has 0 saturated heterocycles. The highest BCUT2D eigenvalue weighted by Crippen LogP contribution is 2.21. The molecule has 0 radical (unpaired) electrons. The third-order valence-electron chi connectivity index (χ3n) is 2.90. The lowest BCUT2D eigenvalue weighted by atomic mass is 10.1. The Morgan fingerprint density at radius 3 is 2.50 bits per heavy atom. The van der Waals surface area contributed by atoms with Gasteiger partial charge in [-0.1, -0.05) is 19.8 Å². The highest BCUT2D eigenvalue weighted by molar-refractivity contribution is 8.00. The number of benzene rings is 1. The summed E-state index contributed by atoms with van der Waals surface area (Å²) in [5.41, 5.74) is -0.0145. The van der Waals surface area contributed by atoms with Crippen molar-refractivity contribution in [2.75, 3.05) is 5.75 Å². The Bertz CT molecular complexity index is 533. The average Bonchev–Trinajstić information content (AvgIpc) is 2.49. The van der Waals surface area contributed by atoms with E-state index in [0.717, 1.165) is 12.8 Å². The number of nitrogens with zero attached hydrogens (tertiary/aromatic N) is 1. The number of carbonyl (C=O) groups excluding carboxylic acids is 1. The van der Waals surface area contributed by atoms with E-state index in [1.807, 2.05) is 6.92 Å². The van der Waals surface area contributed by atoms with Crippen molar-refractivity contribution in [3.63, 3.8) is 0 Å². The van der Waals surface area contributed by atoms with Gasteiger partial charge < -0.3 is 10.4 Å². The van der Waals surface area contributed by atoms with Crippen LogP contribution in [0, 0.1) is 10.1 Å². The molecule has 0 aliphatic heterocycles. The minimum Gasteiger partial charge on any atom is -0.480 e. The number of carboxylic acid groups (broad SMARTS) is 1. The van der Waals surface area contributed by atoms with Gasteiger partial charge in [-0.05, 0) is 18.6 Å². The third-order valence-corrected chi connectivity index (χ3v) is 3.91. The Kier molecular flexibility index (Phi) is 7.38. The molecule has 1 aromatic rings. The quantitative estimate of drug-likeness (QED) is 0.410. The van der Waals surface area contributed by atoms with Gasteiger partial charge in [0.1, 0.15) is 6.04 Å². The predicted octanol–water partition coefficient (Wildman–Crippen LogP) is 2.45. The van der Waals surface area contributed by atoms with Crippen LogP contribution in [0.25, 0.3) is 0 Å². The Morgan fingerprint density at radius 2 is 2.00 bits per heavy atom. The lowest BCUT2D eigenvalue weighted by Gasteiger charge is -2.13. The van der Waals surface area contributed by atoms with Gasteiger partial charge in [0, 0.05) is 17.0 Å². The Morgan fingerprint density at radius 1 is 1.36 bits per heavy atom. The standard InChI is InChI=1S/C14H18N2O5S/c1-2-3-4-12(14(18)19)15-13(17)9-22-11-7-5-10(6-8-11)16(20)21/h5-8,12H,2-4,9H2,1H3,(H,15,17)(H,18,19)/t12-/m0/s1. The summed E-state index contributed by atoms with van der Waals surface area (Å²) in [6, 6.07) is 4.97. The highest BCUT2D eigenvalue weighted by atomic mass is 32.2. The number of carboxylic acids is 1. The number of hydrogen-bond acceptors (Lipinski definition) is 5. The minimum absolute atomic E-state index is 0.0145. The van der Waals surface area contributed by atoms with E-state index < -0.39 is 16.9 Å². The van der Waals surface area contributed by atoms with E-state index in [9.17, 15) is 19.7 Å². The van der Waals surface area contributed by atoms with Crippen LogP contribution in [0.5, 0.6) is 0 Å². The zero-order chi connectivity index (χ0) is 16.5. The van der Waals surface area contributed by atoms with E-state index in [-0.39, 0.29) is 17.3 Å². The van der Waals surface area contributed by atoms with E-state index in [1.165, 1.54) is 23.9 Å². The normalized spacial score (nSPS) is 11.7. The van der Waals surface area contributed by atoms with Crippen LogP contribution in [0.15, 0.2) is 29.2 Å². The maximum absolute atomic E-state index is 11.8. The number of rotatable bonds is 9. The van der Waals surface area contributed by atoms with Crippen molar-refractivity contribution in [1.82, 2.24) is 5.32 Å². The van der Waals surface area contributed by atoms with E-state index in [4.69, 9.17) is 5.11 Å². The Balaban J connectivity index is 2.47. The second kappa shape index (κ2) is 9.04. The van der Waals surface area contributed by atoms with Crippen LogP contribution in [-0.2, 0) is 9.59 Å². The Labute approximate surface area is 132 Å². The van der Waals surface area contributed by atoms with Gasteiger partial charge in [0.15, 0.2) is 0 Å². The van der Waals surface area contributed by atoms with Crippen LogP contribution in [0.4, 0.5) is 5.69 Å². The van der Waals surface area contributed by atoms with E-state index >= 15 is 0 Å². The maximum Gasteiger partial charge on any atom is 0.326 e. The zero-order valence-corrected chi connectivity index (χ0v) is 13.0. The number of non-ortho nitro benzene ring substituents is 1. The molecule has 1 atom stereocenters. The first kappa shape index (κ1) is 18.0. The molecular formula is C14H18N2O5S. The van der Waals surface area contributed by atoms with Crippen molar-refractivity contribution in [3.8, 4) is 0 Å². The first-order chi connectivity index (χ1) is 10.4. The van der Waals surface area contributed by atoms with Crippen molar-refractivity contribution in [3.05, 3.63) is 34.4 Å². The van der Waals surface area contributed by atoms with Crippen molar-refractivity contribution < 1.29 is 19.6 Å². The van der Waals surface area contributed by atoms with Crippen LogP contribution in [0.1, 0.15) is 26.2 Å². The number of thioether (sulfide) groups is 1. The van der Waals surface area contributed by atoms with Crippen molar-refractivity contribution in [2.45, 2.75) is 37.1 Å². The van der Waals surface area contributed by atoms with E-state index in [0.29, 0.717) is 11.3 Å². The number of amides is 1. The van der Waals surface area contributed by atoms with Crippen LogP contribution in [-0.4, -0.2) is 33.7 Å². The summed E-state index contributed by atoms with van der Waals surface area (Å²) in [4.78, 5) is 33.5. The van der Waals surface area contributed by atoms with Gasteiger partial charge in [0.25, 0.3) is 5.69 Å². The molecule has 120 valence electrons. The molecule has 0 spiro atoms. The van der Waals surface area contributed by atoms with Gasteiger partial charge in [-0.15, -0.1) is 11.8 Å². The second-order valence-corrected chi connectivity index (χ2v) is 5.69. The summed E-state index contributed by atoms with van der Waals surface area (Å²) >= 11 is 1.20. The molecule has 2 N–H and O–H groups in total. The molecule has 0 fully saturated rings. The first-order valence-corrected chi connectivity index (χ1v) is 7.82. The molecule has 1 rings (SSSR count). The van der Waals surface area contributed by atoms with Crippen LogP contribution >= 0.6 is 11.8 Å². The molecule has 0 heterocycles. The summed E-state index contributed by atoms with van der Waals surface area (Å²) in [6.45, 7) is 1.95. The molecule has 0 aliphatic carbocycles. The van der Waals surface area contributed by atoms with Crippen molar-refractivity contribution in [2.24, 2.45) is 0 Å². The molecular weight excluding hydrogens is 308 g/mol. The van der Waals surface area contributed by atoms with Gasteiger partial charge in [-0.2, -0.15) is 0 Å². The van der Waals surface area contributed by atoms with Crippen molar-refractivity contribution in [1.29, 1.82) is 0 Å². The molecule has 1 aromatic carbocycles. The van der Waals surface area contributed by atoms with E-state index in [1.54, 1.807) is 12.1 Å². The molecule has 1 amide bonds. The third kappa shape index (κ3) is 6.13. The Hall–Kier alpha value is -2.09. The minimum atomic E-state index is -1.04. The highest BCUT2D eigenvalue weighted by Gasteiger charge is 2.19. The molecule has 8 heteroatoms. The smallest absolute Gasteiger partial charge is 0.326 e. The monoisotopic (exact) mass is 326 g/mol. The molecule has 22 heavy (non-hydrogen) atoms. The number of carbonyl (C=O) groups is 2. The summed E-state index contributed by atoms with van der Waals surface area (Å²) < 4.78 is 0.